The average Bonchev–Trinajstić information content (AvgIpc) is 2.54. The molecule has 0 spiro atoms. The van der Waals surface area contributed by atoms with Crippen LogP contribution in [0.1, 0.15) is 18.1 Å². The van der Waals surface area contributed by atoms with E-state index in [1.807, 2.05) is 6.07 Å². The van der Waals surface area contributed by atoms with Crippen LogP contribution in [0.25, 0.3) is 0 Å². The summed E-state index contributed by atoms with van der Waals surface area (Å²) >= 11 is 0. The molecule has 1 aromatic carbocycles. The zero-order valence-electron chi connectivity index (χ0n) is 8.57. The summed E-state index contributed by atoms with van der Waals surface area (Å²) < 4.78 is 0. The summed E-state index contributed by atoms with van der Waals surface area (Å²) in [6, 6.07) is 8.08. The first-order valence-corrected chi connectivity index (χ1v) is 4.70. The van der Waals surface area contributed by atoms with Crippen molar-refractivity contribution in [2.75, 3.05) is 0 Å². The molecular weight excluding hydrogens is 206 g/mol. The van der Waals surface area contributed by atoms with Crippen molar-refractivity contribution in [2.45, 2.75) is 12.5 Å². The van der Waals surface area contributed by atoms with E-state index in [9.17, 15) is 9.59 Å². The Labute approximate surface area is 92.1 Å². The summed E-state index contributed by atoms with van der Waals surface area (Å²) in [6.45, 7) is 1.60. The molecule has 0 unspecified atom stereocenters. The van der Waals surface area contributed by atoms with E-state index in [2.05, 4.69) is 10.6 Å². The van der Waals surface area contributed by atoms with E-state index >= 15 is 0 Å². The maximum atomic E-state index is 11.6. The van der Waals surface area contributed by atoms with E-state index in [0.29, 0.717) is 11.1 Å². The summed E-state index contributed by atoms with van der Waals surface area (Å²) in [6.07, 6.45) is 0. The number of urea groups is 1. The van der Waals surface area contributed by atoms with E-state index in [4.69, 9.17) is 5.26 Å². The molecule has 0 saturated carbocycles. The van der Waals surface area contributed by atoms with Crippen LogP contribution in [-0.2, 0) is 10.3 Å². The van der Waals surface area contributed by atoms with Crippen molar-refractivity contribution in [2.24, 2.45) is 0 Å². The molecule has 16 heavy (non-hydrogen) atoms. The van der Waals surface area contributed by atoms with Gasteiger partial charge in [0, 0.05) is 0 Å². The number of benzene rings is 1. The van der Waals surface area contributed by atoms with Crippen molar-refractivity contribution in [3.8, 4) is 6.07 Å². The van der Waals surface area contributed by atoms with Gasteiger partial charge in [0.25, 0.3) is 5.91 Å². The van der Waals surface area contributed by atoms with E-state index in [0.717, 1.165) is 0 Å². The third-order valence-electron chi connectivity index (χ3n) is 2.61. The van der Waals surface area contributed by atoms with Crippen LogP contribution in [0.15, 0.2) is 24.3 Å². The second-order valence-corrected chi connectivity index (χ2v) is 3.73. The number of hydrogen-bond acceptors (Lipinski definition) is 3. The number of nitriles is 1. The Kier molecular flexibility index (Phi) is 2.13. The monoisotopic (exact) mass is 215 g/mol. The van der Waals surface area contributed by atoms with E-state index in [1.54, 1.807) is 31.2 Å². The van der Waals surface area contributed by atoms with Crippen LogP contribution in [-0.4, -0.2) is 11.9 Å². The third-order valence-corrected chi connectivity index (χ3v) is 2.61. The molecule has 5 heteroatoms. The highest BCUT2D eigenvalue weighted by Gasteiger charge is 2.43. The second kappa shape index (κ2) is 3.35. The maximum Gasteiger partial charge on any atom is 0.322 e. The highest BCUT2D eigenvalue weighted by molar-refractivity contribution is 6.07. The fourth-order valence-corrected chi connectivity index (χ4v) is 1.65. The summed E-state index contributed by atoms with van der Waals surface area (Å²) in [5.41, 5.74) is -0.0493. The van der Waals surface area contributed by atoms with Crippen molar-refractivity contribution in [3.63, 3.8) is 0 Å². The lowest BCUT2D eigenvalue weighted by atomic mass is 9.91. The zero-order chi connectivity index (χ0) is 11.8. The molecule has 1 heterocycles. The molecule has 0 aromatic heterocycles. The molecule has 0 bridgehead atoms. The van der Waals surface area contributed by atoms with Gasteiger partial charge in [0.1, 0.15) is 5.54 Å². The van der Waals surface area contributed by atoms with Crippen LogP contribution in [0.3, 0.4) is 0 Å². The van der Waals surface area contributed by atoms with Gasteiger partial charge in [-0.3, -0.25) is 10.1 Å². The first kappa shape index (κ1) is 10.2. The lowest BCUT2D eigenvalue weighted by molar-refractivity contribution is -0.123. The Bertz CT molecular complexity index is 518. The lowest BCUT2D eigenvalue weighted by Gasteiger charge is -2.20. The maximum absolute atomic E-state index is 11.6. The van der Waals surface area contributed by atoms with Gasteiger partial charge in [-0.05, 0) is 24.6 Å². The first-order chi connectivity index (χ1) is 7.56. The van der Waals surface area contributed by atoms with Gasteiger partial charge in [-0.25, -0.2) is 4.79 Å². The van der Waals surface area contributed by atoms with Gasteiger partial charge in [-0.15, -0.1) is 0 Å². The Morgan fingerprint density at radius 3 is 2.69 bits per heavy atom. The van der Waals surface area contributed by atoms with Crippen LogP contribution in [0.5, 0.6) is 0 Å². The SMILES string of the molecule is C[C@@]1(c2cccc(C#N)c2)NC(=O)NC1=O. The van der Waals surface area contributed by atoms with E-state index in [-0.39, 0.29) is 0 Å². The standard InChI is InChI=1S/C11H9N3O2/c1-11(9(15)13-10(16)14-11)8-4-2-3-7(5-8)6-12/h2-5H,1H3,(H2,13,14,15,16)/t11-/m0/s1. The third kappa shape index (κ3) is 1.41. The highest BCUT2D eigenvalue weighted by atomic mass is 16.2. The van der Waals surface area contributed by atoms with Crippen LogP contribution in [0.4, 0.5) is 4.79 Å². The van der Waals surface area contributed by atoms with E-state index < -0.39 is 17.5 Å². The predicted molar refractivity (Wildman–Crippen MR) is 55.2 cm³/mol. The van der Waals surface area contributed by atoms with Crippen LogP contribution in [0, 0.1) is 11.3 Å². The van der Waals surface area contributed by atoms with Crippen molar-refractivity contribution in [1.82, 2.24) is 10.6 Å². The minimum atomic E-state index is -1.09. The molecule has 1 fully saturated rings. The molecule has 1 saturated heterocycles. The minimum Gasteiger partial charge on any atom is -0.320 e. The molecule has 1 aliphatic heterocycles. The molecule has 2 N–H and O–H groups in total. The molecule has 1 aliphatic rings. The number of hydrogen-bond donors (Lipinski definition) is 2. The molecular formula is C11H9N3O2. The Hall–Kier alpha value is -2.35. The van der Waals surface area contributed by atoms with Crippen LogP contribution in [0.2, 0.25) is 0 Å². The molecule has 5 nitrogen and oxygen atoms in total. The number of amides is 3. The number of nitrogens with one attached hydrogen (secondary N) is 2. The summed E-state index contributed by atoms with van der Waals surface area (Å²) in [4.78, 5) is 22.7. The normalized spacial score (nSPS) is 23.5. The molecule has 0 aliphatic carbocycles. The molecule has 80 valence electrons. The van der Waals surface area contributed by atoms with Gasteiger partial charge >= 0.3 is 6.03 Å². The van der Waals surface area contributed by atoms with Crippen molar-refractivity contribution in [1.29, 1.82) is 5.26 Å². The van der Waals surface area contributed by atoms with Gasteiger partial charge in [0.15, 0.2) is 0 Å². The van der Waals surface area contributed by atoms with Crippen molar-refractivity contribution < 1.29 is 9.59 Å². The number of nitrogens with zero attached hydrogens (tertiary/aromatic N) is 1. The molecule has 2 rings (SSSR count). The summed E-state index contributed by atoms with van der Waals surface area (Å²) in [5, 5.41) is 13.5. The van der Waals surface area contributed by atoms with Gasteiger partial charge in [-0.1, -0.05) is 12.1 Å². The topological polar surface area (TPSA) is 82.0 Å². The Balaban J connectivity index is 2.48. The summed E-state index contributed by atoms with van der Waals surface area (Å²) in [5.74, 6) is -0.410. The zero-order valence-corrected chi connectivity index (χ0v) is 8.57. The van der Waals surface area contributed by atoms with Crippen molar-refractivity contribution >= 4 is 11.9 Å². The van der Waals surface area contributed by atoms with Gasteiger partial charge < -0.3 is 5.32 Å². The predicted octanol–water partition coefficient (Wildman–Crippen LogP) is 0.613. The highest BCUT2D eigenvalue weighted by Crippen LogP contribution is 2.24. The molecule has 1 atom stereocenters. The molecule has 3 amide bonds. The van der Waals surface area contributed by atoms with Crippen LogP contribution >= 0.6 is 0 Å². The fourth-order valence-electron chi connectivity index (χ4n) is 1.65. The van der Waals surface area contributed by atoms with E-state index in [1.165, 1.54) is 0 Å². The second-order valence-electron chi connectivity index (χ2n) is 3.73. The summed E-state index contributed by atoms with van der Waals surface area (Å²) in [7, 11) is 0. The number of rotatable bonds is 1. The largest absolute Gasteiger partial charge is 0.322 e. The smallest absolute Gasteiger partial charge is 0.320 e. The molecule has 1 aromatic rings. The number of carbonyl (C=O) groups is 2. The average molecular weight is 215 g/mol. The first-order valence-electron chi connectivity index (χ1n) is 4.70. The lowest BCUT2D eigenvalue weighted by Crippen LogP contribution is -2.40. The van der Waals surface area contributed by atoms with Crippen LogP contribution < -0.4 is 10.6 Å². The Morgan fingerprint density at radius 1 is 1.38 bits per heavy atom. The van der Waals surface area contributed by atoms with Gasteiger partial charge in [0.2, 0.25) is 0 Å². The minimum absolute atomic E-state index is 0.410. The van der Waals surface area contributed by atoms with Gasteiger partial charge in [-0.2, -0.15) is 5.26 Å². The number of carbonyl (C=O) groups excluding carboxylic acids is 2. The molecule has 0 radical (unpaired) electrons. The Morgan fingerprint density at radius 2 is 2.12 bits per heavy atom. The number of imide groups is 1. The fraction of sp³-hybridized carbons (Fsp3) is 0.182. The quantitative estimate of drug-likeness (QED) is 0.673. The van der Waals surface area contributed by atoms with Gasteiger partial charge in [0.05, 0.1) is 11.6 Å². The van der Waals surface area contributed by atoms with Crippen molar-refractivity contribution in [3.05, 3.63) is 35.4 Å².